The van der Waals surface area contributed by atoms with Gasteiger partial charge in [0.1, 0.15) is 12.4 Å². The van der Waals surface area contributed by atoms with Crippen LogP contribution in [-0.4, -0.2) is 0 Å². The van der Waals surface area contributed by atoms with Crippen LogP contribution in [0.2, 0.25) is 10.0 Å². The molecule has 3 aromatic carbocycles. The van der Waals surface area contributed by atoms with Crippen LogP contribution in [0.15, 0.2) is 66.7 Å². The molecule has 0 fully saturated rings. The molecule has 0 amide bonds. The molecule has 0 unspecified atom stereocenters. The molecule has 0 saturated heterocycles. The van der Waals surface area contributed by atoms with E-state index in [2.05, 4.69) is 36.5 Å². The van der Waals surface area contributed by atoms with Crippen molar-refractivity contribution in [3.63, 3.8) is 0 Å². The quantitative estimate of drug-likeness (QED) is 0.534. The summed E-state index contributed by atoms with van der Waals surface area (Å²) in [6, 6.07) is 21.6. The average molecular weight is 372 g/mol. The number of rotatable bonds is 6. The van der Waals surface area contributed by atoms with Gasteiger partial charge in [0.05, 0.1) is 0 Å². The van der Waals surface area contributed by atoms with Gasteiger partial charge in [0, 0.05) is 27.8 Å². The summed E-state index contributed by atoms with van der Waals surface area (Å²) in [5.74, 6) is 0.825. The van der Waals surface area contributed by atoms with Crippen molar-refractivity contribution < 1.29 is 4.74 Å². The molecule has 3 aromatic rings. The van der Waals surface area contributed by atoms with Crippen LogP contribution < -0.4 is 10.1 Å². The van der Waals surface area contributed by atoms with Crippen LogP contribution in [0.3, 0.4) is 0 Å². The van der Waals surface area contributed by atoms with Crippen molar-refractivity contribution in [1.29, 1.82) is 0 Å². The van der Waals surface area contributed by atoms with Gasteiger partial charge in [0.25, 0.3) is 0 Å². The standard InChI is InChI=1S/C21H19Cl2NO/c1-15-2-4-16(5-3-15)14-25-21-11-8-19(23)12-17(21)13-24-20-9-6-18(22)7-10-20/h2-12,24H,13-14H2,1H3. The number of aryl methyl sites for hydroxylation is 1. The van der Waals surface area contributed by atoms with Crippen molar-refractivity contribution in [2.24, 2.45) is 0 Å². The van der Waals surface area contributed by atoms with Crippen LogP contribution >= 0.6 is 23.2 Å². The van der Waals surface area contributed by atoms with E-state index in [0.29, 0.717) is 18.2 Å². The van der Waals surface area contributed by atoms with Gasteiger partial charge in [-0.15, -0.1) is 0 Å². The Kier molecular flexibility index (Phi) is 5.85. The van der Waals surface area contributed by atoms with Crippen LogP contribution in [0.5, 0.6) is 5.75 Å². The molecule has 0 saturated carbocycles. The Balaban J connectivity index is 1.69. The molecule has 0 radical (unpaired) electrons. The molecule has 4 heteroatoms. The van der Waals surface area contributed by atoms with Crippen molar-refractivity contribution in [3.8, 4) is 5.75 Å². The molecule has 0 bridgehead atoms. The molecule has 1 N–H and O–H groups in total. The van der Waals surface area contributed by atoms with Crippen molar-refractivity contribution in [2.45, 2.75) is 20.1 Å². The minimum atomic E-state index is 0.524. The fraction of sp³-hybridized carbons (Fsp3) is 0.143. The van der Waals surface area contributed by atoms with Crippen LogP contribution in [0.25, 0.3) is 0 Å². The molecule has 0 heterocycles. The molecular weight excluding hydrogens is 353 g/mol. The highest BCUT2D eigenvalue weighted by molar-refractivity contribution is 6.31. The number of benzene rings is 3. The van der Waals surface area contributed by atoms with E-state index in [9.17, 15) is 0 Å². The first-order valence-corrected chi connectivity index (χ1v) is 8.82. The van der Waals surface area contributed by atoms with Crippen molar-refractivity contribution in [1.82, 2.24) is 0 Å². The van der Waals surface area contributed by atoms with Crippen LogP contribution in [0.1, 0.15) is 16.7 Å². The van der Waals surface area contributed by atoms with Crippen molar-refractivity contribution in [3.05, 3.63) is 93.5 Å². The Morgan fingerprint density at radius 3 is 2.24 bits per heavy atom. The van der Waals surface area contributed by atoms with Gasteiger partial charge in [0.2, 0.25) is 0 Å². The summed E-state index contributed by atoms with van der Waals surface area (Å²) < 4.78 is 6.01. The Bertz CT molecular complexity index is 830. The second-order valence-corrected chi connectivity index (χ2v) is 6.76. The van der Waals surface area contributed by atoms with E-state index in [-0.39, 0.29) is 0 Å². The first-order valence-electron chi connectivity index (χ1n) is 8.06. The first-order chi connectivity index (χ1) is 12.1. The summed E-state index contributed by atoms with van der Waals surface area (Å²) in [6.07, 6.45) is 0. The molecule has 2 nitrogen and oxygen atoms in total. The number of ether oxygens (including phenoxy) is 1. The van der Waals surface area contributed by atoms with E-state index >= 15 is 0 Å². The van der Waals surface area contributed by atoms with Gasteiger partial charge >= 0.3 is 0 Å². The molecule has 0 spiro atoms. The van der Waals surface area contributed by atoms with Gasteiger partial charge in [-0.1, -0.05) is 53.0 Å². The number of hydrogen-bond donors (Lipinski definition) is 1. The summed E-state index contributed by atoms with van der Waals surface area (Å²) in [7, 11) is 0. The smallest absolute Gasteiger partial charge is 0.124 e. The molecule has 25 heavy (non-hydrogen) atoms. The van der Waals surface area contributed by atoms with Crippen LogP contribution in [0, 0.1) is 6.92 Å². The molecule has 0 aliphatic carbocycles. The summed E-state index contributed by atoms with van der Waals surface area (Å²) in [5, 5.41) is 4.77. The third-order valence-electron chi connectivity index (χ3n) is 3.86. The Morgan fingerprint density at radius 1 is 0.840 bits per heavy atom. The zero-order chi connectivity index (χ0) is 17.6. The second kappa shape index (κ2) is 8.28. The van der Waals surface area contributed by atoms with Crippen molar-refractivity contribution >= 4 is 28.9 Å². The van der Waals surface area contributed by atoms with Gasteiger partial charge < -0.3 is 10.1 Å². The van der Waals surface area contributed by atoms with E-state index in [0.717, 1.165) is 27.6 Å². The molecule has 0 aliphatic rings. The topological polar surface area (TPSA) is 21.3 Å². The van der Waals surface area contributed by atoms with Gasteiger partial charge in [-0.3, -0.25) is 0 Å². The highest BCUT2D eigenvalue weighted by Gasteiger charge is 2.06. The Morgan fingerprint density at radius 2 is 1.52 bits per heavy atom. The second-order valence-electron chi connectivity index (χ2n) is 5.89. The zero-order valence-electron chi connectivity index (χ0n) is 13.9. The third-order valence-corrected chi connectivity index (χ3v) is 4.35. The molecule has 0 aliphatic heterocycles. The van der Waals surface area contributed by atoms with Crippen LogP contribution in [0.4, 0.5) is 5.69 Å². The van der Waals surface area contributed by atoms with E-state index in [1.54, 1.807) is 0 Å². The van der Waals surface area contributed by atoms with Gasteiger partial charge in [-0.2, -0.15) is 0 Å². The van der Waals surface area contributed by atoms with Gasteiger partial charge in [-0.05, 0) is 55.0 Å². The number of halogens is 2. The minimum Gasteiger partial charge on any atom is -0.489 e. The highest BCUT2D eigenvalue weighted by Crippen LogP contribution is 2.25. The van der Waals surface area contributed by atoms with Gasteiger partial charge in [-0.25, -0.2) is 0 Å². The lowest BCUT2D eigenvalue weighted by Gasteiger charge is -2.14. The highest BCUT2D eigenvalue weighted by atomic mass is 35.5. The predicted molar refractivity (Wildman–Crippen MR) is 106 cm³/mol. The van der Waals surface area contributed by atoms with E-state index in [4.69, 9.17) is 27.9 Å². The minimum absolute atomic E-state index is 0.524. The number of hydrogen-bond acceptors (Lipinski definition) is 2. The molecule has 128 valence electrons. The maximum absolute atomic E-state index is 6.15. The molecular formula is C21H19Cl2NO. The van der Waals surface area contributed by atoms with E-state index < -0.39 is 0 Å². The maximum atomic E-state index is 6.15. The first kappa shape index (κ1) is 17.7. The average Bonchev–Trinajstić information content (AvgIpc) is 2.62. The fourth-order valence-corrected chi connectivity index (χ4v) is 2.76. The normalized spacial score (nSPS) is 10.5. The third kappa shape index (κ3) is 5.15. The summed E-state index contributed by atoms with van der Waals surface area (Å²) in [4.78, 5) is 0. The summed E-state index contributed by atoms with van der Waals surface area (Å²) in [5.41, 5.74) is 4.38. The zero-order valence-corrected chi connectivity index (χ0v) is 15.4. The van der Waals surface area contributed by atoms with E-state index in [1.807, 2.05) is 42.5 Å². The number of nitrogens with one attached hydrogen (secondary N) is 1. The Labute approximate surface area is 158 Å². The lowest BCUT2D eigenvalue weighted by Crippen LogP contribution is -2.04. The summed E-state index contributed by atoms with van der Waals surface area (Å²) in [6.45, 7) is 3.21. The SMILES string of the molecule is Cc1ccc(COc2ccc(Cl)cc2CNc2ccc(Cl)cc2)cc1. The maximum Gasteiger partial charge on any atom is 0.124 e. The Hall–Kier alpha value is -2.16. The molecule has 0 atom stereocenters. The van der Waals surface area contributed by atoms with Crippen LogP contribution in [-0.2, 0) is 13.2 Å². The summed E-state index contributed by atoms with van der Waals surface area (Å²) >= 11 is 12.1. The number of anilines is 1. The van der Waals surface area contributed by atoms with Crippen molar-refractivity contribution in [2.75, 3.05) is 5.32 Å². The molecule has 3 rings (SSSR count). The van der Waals surface area contributed by atoms with E-state index in [1.165, 1.54) is 5.56 Å². The lowest BCUT2D eigenvalue weighted by atomic mass is 10.1. The monoisotopic (exact) mass is 371 g/mol. The molecule has 0 aromatic heterocycles. The van der Waals surface area contributed by atoms with Gasteiger partial charge in [0.15, 0.2) is 0 Å². The predicted octanol–water partition coefficient (Wildman–Crippen LogP) is 6.49. The fourth-order valence-electron chi connectivity index (χ4n) is 2.44. The lowest BCUT2D eigenvalue weighted by molar-refractivity contribution is 0.303. The largest absolute Gasteiger partial charge is 0.489 e.